The van der Waals surface area contributed by atoms with E-state index in [1.807, 2.05) is 13.0 Å². The number of nitrogens with one attached hydrogen (secondary N) is 2. The van der Waals surface area contributed by atoms with Gasteiger partial charge in [-0.05, 0) is 42.3 Å². The fourth-order valence-electron chi connectivity index (χ4n) is 2.89. The number of nitrogens with zero attached hydrogens (tertiary/aromatic N) is 1. The first-order chi connectivity index (χ1) is 13.9. The predicted octanol–water partition coefficient (Wildman–Crippen LogP) is 1.27. The lowest BCUT2D eigenvalue weighted by atomic mass is 10.2. The minimum absolute atomic E-state index is 0.109. The van der Waals surface area contributed by atoms with Gasteiger partial charge in [0.15, 0.2) is 0 Å². The highest BCUT2D eigenvalue weighted by atomic mass is 32.2. The molecule has 9 heteroatoms. The summed E-state index contributed by atoms with van der Waals surface area (Å²) in [5, 5.41) is 5.07. The minimum atomic E-state index is -3.56. The molecular weight excluding hydrogens is 394 g/mol. The summed E-state index contributed by atoms with van der Waals surface area (Å²) in [5.74, 6) is -1.53. The Labute approximate surface area is 169 Å². The number of aryl methyl sites for hydroxylation is 1. The molecule has 0 spiro atoms. The minimum Gasteiger partial charge on any atom is -0.379 e. The van der Waals surface area contributed by atoms with Crippen molar-refractivity contribution in [3.05, 3.63) is 59.7 Å². The number of morpholine rings is 1. The standard InChI is InChI=1S/C20H23N3O5S/c1-15-3-2-4-17(13-15)22-20(25)19(24)21-14-16-5-7-18(8-6-16)29(26,27)23-9-11-28-12-10-23/h2-8,13H,9-12,14H2,1H3,(H,21,24)(H,22,25). The van der Waals surface area contributed by atoms with Crippen molar-refractivity contribution in [3.63, 3.8) is 0 Å². The smallest absolute Gasteiger partial charge is 0.313 e. The van der Waals surface area contributed by atoms with Crippen molar-refractivity contribution in [2.75, 3.05) is 31.6 Å². The Kier molecular flexibility index (Phi) is 6.63. The van der Waals surface area contributed by atoms with Crippen LogP contribution in [0.5, 0.6) is 0 Å². The monoisotopic (exact) mass is 417 g/mol. The van der Waals surface area contributed by atoms with Gasteiger partial charge in [0.05, 0.1) is 18.1 Å². The van der Waals surface area contributed by atoms with E-state index in [9.17, 15) is 18.0 Å². The van der Waals surface area contributed by atoms with Gasteiger partial charge < -0.3 is 15.4 Å². The van der Waals surface area contributed by atoms with Crippen molar-refractivity contribution >= 4 is 27.5 Å². The lowest BCUT2D eigenvalue weighted by Gasteiger charge is -2.26. The molecule has 2 amide bonds. The first kappa shape index (κ1) is 21.0. The van der Waals surface area contributed by atoms with Crippen molar-refractivity contribution in [3.8, 4) is 0 Å². The largest absolute Gasteiger partial charge is 0.379 e. The number of rotatable bonds is 5. The van der Waals surface area contributed by atoms with Gasteiger partial charge in [-0.15, -0.1) is 0 Å². The number of anilines is 1. The van der Waals surface area contributed by atoms with Crippen LogP contribution in [0, 0.1) is 6.92 Å². The molecule has 0 aliphatic carbocycles. The van der Waals surface area contributed by atoms with Crippen LogP contribution < -0.4 is 10.6 Å². The number of carbonyl (C=O) groups excluding carboxylic acids is 2. The van der Waals surface area contributed by atoms with Gasteiger partial charge in [-0.1, -0.05) is 24.3 Å². The van der Waals surface area contributed by atoms with Gasteiger partial charge in [0.1, 0.15) is 0 Å². The Morgan fingerprint density at radius 1 is 1.03 bits per heavy atom. The molecule has 29 heavy (non-hydrogen) atoms. The molecular formula is C20H23N3O5S. The third-order valence-electron chi connectivity index (χ3n) is 4.47. The van der Waals surface area contributed by atoms with Crippen LogP contribution in [0.1, 0.15) is 11.1 Å². The van der Waals surface area contributed by atoms with Gasteiger partial charge in [0, 0.05) is 25.3 Å². The average molecular weight is 417 g/mol. The Hall–Kier alpha value is -2.75. The van der Waals surface area contributed by atoms with Crippen molar-refractivity contribution in [1.82, 2.24) is 9.62 Å². The molecule has 1 fully saturated rings. The highest BCUT2D eigenvalue weighted by Gasteiger charge is 2.26. The summed E-state index contributed by atoms with van der Waals surface area (Å²) in [5.41, 5.74) is 2.20. The quantitative estimate of drug-likeness (QED) is 0.713. The number of sulfonamides is 1. The fraction of sp³-hybridized carbons (Fsp3) is 0.300. The Morgan fingerprint density at radius 2 is 1.72 bits per heavy atom. The molecule has 2 aromatic rings. The number of amides is 2. The van der Waals surface area contributed by atoms with Crippen LogP contribution in [0.15, 0.2) is 53.4 Å². The maximum absolute atomic E-state index is 12.6. The molecule has 0 saturated carbocycles. The molecule has 1 saturated heterocycles. The molecule has 1 aliphatic heterocycles. The number of carbonyl (C=O) groups is 2. The van der Waals surface area contributed by atoms with E-state index >= 15 is 0 Å². The second kappa shape index (κ2) is 9.17. The Bertz CT molecular complexity index is 983. The van der Waals surface area contributed by atoms with Crippen LogP contribution >= 0.6 is 0 Å². The summed E-state index contributed by atoms with van der Waals surface area (Å²) in [7, 11) is -3.56. The van der Waals surface area contributed by atoms with Gasteiger partial charge in [-0.3, -0.25) is 9.59 Å². The molecule has 2 aromatic carbocycles. The lowest BCUT2D eigenvalue weighted by Crippen LogP contribution is -2.40. The van der Waals surface area contributed by atoms with E-state index in [2.05, 4.69) is 10.6 Å². The van der Waals surface area contributed by atoms with Crippen LogP contribution in [0.3, 0.4) is 0 Å². The molecule has 8 nitrogen and oxygen atoms in total. The van der Waals surface area contributed by atoms with Gasteiger partial charge >= 0.3 is 11.8 Å². The maximum atomic E-state index is 12.6. The molecule has 0 radical (unpaired) electrons. The first-order valence-corrected chi connectivity index (χ1v) is 10.6. The second-order valence-corrected chi connectivity index (χ2v) is 8.60. The van der Waals surface area contributed by atoms with Gasteiger partial charge in [0.2, 0.25) is 10.0 Å². The highest BCUT2D eigenvalue weighted by molar-refractivity contribution is 7.89. The summed E-state index contributed by atoms with van der Waals surface area (Å²) in [6.45, 7) is 3.42. The van der Waals surface area contributed by atoms with Crippen LogP contribution in [-0.4, -0.2) is 50.8 Å². The predicted molar refractivity (Wildman–Crippen MR) is 108 cm³/mol. The van der Waals surface area contributed by atoms with Crippen molar-refractivity contribution < 1.29 is 22.7 Å². The molecule has 2 N–H and O–H groups in total. The van der Waals surface area contributed by atoms with E-state index in [4.69, 9.17) is 4.74 Å². The number of benzene rings is 2. The maximum Gasteiger partial charge on any atom is 0.313 e. The lowest BCUT2D eigenvalue weighted by molar-refractivity contribution is -0.136. The number of hydrogen-bond donors (Lipinski definition) is 2. The summed E-state index contributed by atoms with van der Waals surface area (Å²) >= 11 is 0. The van der Waals surface area contributed by atoms with E-state index < -0.39 is 21.8 Å². The SMILES string of the molecule is Cc1cccc(NC(=O)C(=O)NCc2ccc(S(=O)(=O)N3CCOCC3)cc2)c1. The van der Waals surface area contributed by atoms with E-state index in [1.165, 1.54) is 16.4 Å². The van der Waals surface area contributed by atoms with Crippen molar-refractivity contribution in [2.24, 2.45) is 0 Å². The van der Waals surface area contributed by atoms with Crippen LogP contribution in [0.4, 0.5) is 5.69 Å². The average Bonchev–Trinajstić information content (AvgIpc) is 2.73. The topological polar surface area (TPSA) is 105 Å². The van der Waals surface area contributed by atoms with Crippen LogP contribution in [0.2, 0.25) is 0 Å². The Morgan fingerprint density at radius 3 is 2.38 bits per heavy atom. The molecule has 0 bridgehead atoms. The summed E-state index contributed by atoms with van der Waals surface area (Å²) in [6.07, 6.45) is 0. The molecule has 1 aliphatic rings. The molecule has 0 aromatic heterocycles. The fourth-order valence-corrected chi connectivity index (χ4v) is 4.30. The summed E-state index contributed by atoms with van der Waals surface area (Å²) < 4.78 is 31.8. The van der Waals surface area contributed by atoms with Crippen LogP contribution in [0.25, 0.3) is 0 Å². The zero-order valence-electron chi connectivity index (χ0n) is 16.1. The van der Waals surface area contributed by atoms with E-state index in [0.29, 0.717) is 37.6 Å². The first-order valence-electron chi connectivity index (χ1n) is 9.19. The van der Waals surface area contributed by atoms with Crippen LogP contribution in [-0.2, 0) is 30.9 Å². The van der Waals surface area contributed by atoms with Gasteiger partial charge in [-0.2, -0.15) is 4.31 Å². The van der Waals surface area contributed by atoms with E-state index in [0.717, 1.165) is 5.56 Å². The Balaban J connectivity index is 1.55. The highest BCUT2D eigenvalue weighted by Crippen LogP contribution is 2.17. The molecule has 0 atom stereocenters. The molecule has 1 heterocycles. The normalized spacial score (nSPS) is 14.9. The third-order valence-corrected chi connectivity index (χ3v) is 6.38. The van der Waals surface area contributed by atoms with Gasteiger partial charge in [0.25, 0.3) is 0 Å². The van der Waals surface area contributed by atoms with Crippen molar-refractivity contribution in [2.45, 2.75) is 18.4 Å². The number of hydrogen-bond acceptors (Lipinski definition) is 5. The zero-order valence-corrected chi connectivity index (χ0v) is 16.9. The number of ether oxygens (including phenoxy) is 1. The second-order valence-electron chi connectivity index (χ2n) is 6.67. The van der Waals surface area contributed by atoms with Crippen molar-refractivity contribution in [1.29, 1.82) is 0 Å². The molecule has 154 valence electrons. The van der Waals surface area contributed by atoms with E-state index in [1.54, 1.807) is 30.3 Å². The van der Waals surface area contributed by atoms with E-state index in [-0.39, 0.29) is 11.4 Å². The summed E-state index contributed by atoms with van der Waals surface area (Å²) in [6, 6.07) is 13.4. The zero-order chi connectivity index (χ0) is 20.9. The van der Waals surface area contributed by atoms with Gasteiger partial charge in [-0.25, -0.2) is 8.42 Å². The summed E-state index contributed by atoms with van der Waals surface area (Å²) in [4.78, 5) is 24.2. The molecule has 3 rings (SSSR count). The third kappa shape index (κ3) is 5.41. The molecule has 0 unspecified atom stereocenters.